The minimum atomic E-state index is -3.13. The van der Waals surface area contributed by atoms with Gasteiger partial charge in [-0.3, -0.25) is 9.69 Å². The lowest BCUT2D eigenvalue weighted by Gasteiger charge is -2.40. The summed E-state index contributed by atoms with van der Waals surface area (Å²) < 4.78 is 23.2. The summed E-state index contributed by atoms with van der Waals surface area (Å²) in [6.45, 7) is 1.35. The third-order valence-electron chi connectivity index (χ3n) is 4.36. The summed E-state index contributed by atoms with van der Waals surface area (Å²) in [7, 11) is -3.13. The molecule has 0 aromatic heterocycles. The number of hydrogen-bond donors (Lipinski definition) is 2. The summed E-state index contributed by atoms with van der Waals surface area (Å²) >= 11 is 0. The van der Waals surface area contributed by atoms with Crippen LogP contribution in [0.15, 0.2) is 0 Å². The zero-order chi connectivity index (χ0) is 12.9. The molecule has 0 spiro atoms. The van der Waals surface area contributed by atoms with E-state index in [9.17, 15) is 18.3 Å². The molecule has 3 heterocycles. The highest BCUT2D eigenvalue weighted by Crippen LogP contribution is 2.32. The zero-order valence-electron chi connectivity index (χ0n) is 10.1. The maximum atomic E-state index is 11.7. The van der Waals surface area contributed by atoms with E-state index in [4.69, 9.17) is 0 Å². The third-order valence-corrected chi connectivity index (χ3v) is 6.06. The SMILES string of the molecule is O=C1NCC2C1CCCN2C1CS(=O)(=O)CC1O. The van der Waals surface area contributed by atoms with E-state index in [1.165, 1.54) is 0 Å². The Bertz CT molecular complexity index is 464. The lowest BCUT2D eigenvalue weighted by atomic mass is 9.90. The van der Waals surface area contributed by atoms with Gasteiger partial charge in [0.05, 0.1) is 29.6 Å². The minimum Gasteiger partial charge on any atom is -0.390 e. The van der Waals surface area contributed by atoms with Crippen LogP contribution >= 0.6 is 0 Å². The number of aliphatic hydroxyl groups excluding tert-OH is 1. The number of carbonyl (C=O) groups is 1. The normalized spacial score (nSPS) is 43.7. The quantitative estimate of drug-likeness (QED) is 0.598. The first-order valence-corrected chi connectivity index (χ1v) is 8.22. The molecule has 0 saturated carbocycles. The van der Waals surface area contributed by atoms with E-state index in [2.05, 4.69) is 5.32 Å². The van der Waals surface area contributed by atoms with Crippen LogP contribution in [0.2, 0.25) is 0 Å². The number of likely N-dealkylation sites (tertiary alicyclic amines) is 1. The van der Waals surface area contributed by atoms with Gasteiger partial charge in [0.2, 0.25) is 5.91 Å². The van der Waals surface area contributed by atoms with Crippen molar-refractivity contribution in [1.29, 1.82) is 0 Å². The predicted octanol–water partition coefficient (Wildman–Crippen LogP) is -1.65. The largest absolute Gasteiger partial charge is 0.390 e. The van der Waals surface area contributed by atoms with Crippen LogP contribution in [0.3, 0.4) is 0 Å². The molecule has 3 aliphatic rings. The fraction of sp³-hybridized carbons (Fsp3) is 0.909. The van der Waals surface area contributed by atoms with Gasteiger partial charge in [0.15, 0.2) is 9.84 Å². The van der Waals surface area contributed by atoms with Crippen LogP contribution in [0.4, 0.5) is 0 Å². The Hall–Kier alpha value is -0.660. The van der Waals surface area contributed by atoms with Crippen molar-refractivity contribution in [3.05, 3.63) is 0 Å². The molecule has 0 aromatic rings. The molecule has 4 atom stereocenters. The summed E-state index contributed by atoms with van der Waals surface area (Å²) in [5.74, 6) is -0.0901. The highest BCUT2D eigenvalue weighted by molar-refractivity contribution is 7.91. The molecule has 3 aliphatic heterocycles. The number of hydrogen-bond acceptors (Lipinski definition) is 5. The molecule has 0 radical (unpaired) electrons. The molecule has 2 N–H and O–H groups in total. The predicted molar refractivity (Wildman–Crippen MR) is 64.7 cm³/mol. The Morgan fingerprint density at radius 3 is 2.72 bits per heavy atom. The van der Waals surface area contributed by atoms with Gasteiger partial charge in [0.25, 0.3) is 0 Å². The Labute approximate surface area is 106 Å². The molecular weight excluding hydrogens is 256 g/mol. The highest BCUT2D eigenvalue weighted by atomic mass is 32.2. The Balaban J connectivity index is 1.82. The van der Waals surface area contributed by atoms with Crippen LogP contribution < -0.4 is 5.32 Å². The number of sulfone groups is 1. The van der Waals surface area contributed by atoms with E-state index in [1.54, 1.807) is 0 Å². The molecule has 3 fully saturated rings. The summed E-state index contributed by atoms with van der Waals surface area (Å²) in [6, 6.07) is -0.283. The Morgan fingerprint density at radius 1 is 1.28 bits per heavy atom. The second-order valence-electron chi connectivity index (χ2n) is 5.51. The first-order chi connectivity index (χ1) is 8.48. The molecule has 0 bridgehead atoms. The van der Waals surface area contributed by atoms with Gasteiger partial charge in [-0.05, 0) is 19.4 Å². The second kappa shape index (κ2) is 4.18. The van der Waals surface area contributed by atoms with Crippen molar-refractivity contribution in [3.8, 4) is 0 Å². The van der Waals surface area contributed by atoms with Crippen LogP contribution in [0.25, 0.3) is 0 Å². The van der Waals surface area contributed by atoms with E-state index in [1.807, 2.05) is 4.90 Å². The molecule has 102 valence electrons. The van der Waals surface area contributed by atoms with Crippen molar-refractivity contribution >= 4 is 15.7 Å². The average Bonchev–Trinajstić information content (AvgIpc) is 2.80. The second-order valence-corrected chi connectivity index (χ2v) is 7.66. The van der Waals surface area contributed by atoms with Gasteiger partial charge in [-0.2, -0.15) is 0 Å². The first kappa shape index (κ1) is 12.4. The zero-order valence-corrected chi connectivity index (χ0v) is 10.9. The van der Waals surface area contributed by atoms with Crippen LogP contribution in [0.1, 0.15) is 12.8 Å². The molecular formula is C11H18N2O4S. The van der Waals surface area contributed by atoms with Crippen molar-refractivity contribution in [2.45, 2.75) is 31.0 Å². The number of fused-ring (bicyclic) bond motifs is 1. The lowest BCUT2D eigenvalue weighted by Crippen LogP contribution is -2.54. The van der Waals surface area contributed by atoms with E-state index in [0.29, 0.717) is 6.54 Å². The maximum absolute atomic E-state index is 11.7. The lowest BCUT2D eigenvalue weighted by molar-refractivity contribution is -0.124. The monoisotopic (exact) mass is 274 g/mol. The van der Waals surface area contributed by atoms with Crippen molar-refractivity contribution < 1.29 is 18.3 Å². The number of nitrogens with zero attached hydrogens (tertiary/aromatic N) is 1. The fourth-order valence-corrected chi connectivity index (χ4v) is 5.34. The topological polar surface area (TPSA) is 86.7 Å². The van der Waals surface area contributed by atoms with Crippen LogP contribution in [0, 0.1) is 5.92 Å². The Morgan fingerprint density at radius 2 is 2.06 bits per heavy atom. The van der Waals surface area contributed by atoms with Crippen LogP contribution in [-0.2, 0) is 14.6 Å². The summed E-state index contributed by atoms with van der Waals surface area (Å²) in [4.78, 5) is 13.7. The number of aliphatic hydroxyl groups is 1. The molecule has 3 saturated heterocycles. The van der Waals surface area contributed by atoms with Crippen molar-refractivity contribution in [2.75, 3.05) is 24.6 Å². The smallest absolute Gasteiger partial charge is 0.224 e. The molecule has 1 amide bonds. The number of rotatable bonds is 1. The molecule has 18 heavy (non-hydrogen) atoms. The van der Waals surface area contributed by atoms with Gasteiger partial charge >= 0.3 is 0 Å². The summed E-state index contributed by atoms with van der Waals surface area (Å²) in [6.07, 6.45) is 0.935. The minimum absolute atomic E-state index is 0.0194. The first-order valence-electron chi connectivity index (χ1n) is 6.40. The maximum Gasteiger partial charge on any atom is 0.224 e. The summed E-state index contributed by atoms with van der Waals surface area (Å²) in [5, 5.41) is 12.8. The molecule has 0 aliphatic carbocycles. The number of carbonyl (C=O) groups excluding carboxylic acids is 1. The Kier molecular flexibility index (Phi) is 2.87. The van der Waals surface area contributed by atoms with Gasteiger partial charge in [0.1, 0.15) is 0 Å². The molecule has 6 nitrogen and oxygen atoms in total. The molecule has 4 unspecified atom stereocenters. The van der Waals surface area contributed by atoms with E-state index in [-0.39, 0.29) is 35.4 Å². The van der Waals surface area contributed by atoms with Gasteiger partial charge < -0.3 is 10.4 Å². The fourth-order valence-electron chi connectivity index (χ4n) is 3.52. The average molecular weight is 274 g/mol. The van der Waals surface area contributed by atoms with Gasteiger partial charge in [0, 0.05) is 12.6 Å². The standard InChI is InChI=1S/C11H18N2O4S/c14-10-6-18(16,17)5-9(10)13-3-1-2-7-8(13)4-12-11(7)15/h7-10,14H,1-6H2,(H,12,15). The molecule has 7 heteroatoms. The van der Waals surface area contributed by atoms with Crippen molar-refractivity contribution in [2.24, 2.45) is 5.92 Å². The highest BCUT2D eigenvalue weighted by Gasteiger charge is 2.48. The number of piperidine rings is 1. The van der Waals surface area contributed by atoms with Crippen LogP contribution in [0.5, 0.6) is 0 Å². The van der Waals surface area contributed by atoms with Gasteiger partial charge in [-0.1, -0.05) is 0 Å². The van der Waals surface area contributed by atoms with Crippen LogP contribution in [-0.4, -0.2) is 67.1 Å². The van der Waals surface area contributed by atoms with Crippen molar-refractivity contribution in [3.63, 3.8) is 0 Å². The van der Waals surface area contributed by atoms with Gasteiger partial charge in [-0.25, -0.2) is 8.42 Å². The summed E-state index contributed by atoms with van der Waals surface area (Å²) in [5.41, 5.74) is 0. The van der Waals surface area contributed by atoms with Gasteiger partial charge in [-0.15, -0.1) is 0 Å². The molecule has 3 rings (SSSR count). The number of amides is 1. The third kappa shape index (κ3) is 1.94. The number of nitrogens with one attached hydrogen (secondary N) is 1. The van der Waals surface area contributed by atoms with E-state index < -0.39 is 15.9 Å². The van der Waals surface area contributed by atoms with E-state index in [0.717, 1.165) is 19.4 Å². The van der Waals surface area contributed by atoms with E-state index >= 15 is 0 Å². The molecule has 0 aromatic carbocycles. The van der Waals surface area contributed by atoms with Crippen molar-refractivity contribution in [1.82, 2.24) is 10.2 Å².